The molecule has 0 radical (unpaired) electrons. The van der Waals surface area contributed by atoms with Crippen LogP contribution in [0.25, 0.3) is 0 Å². The fourth-order valence-corrected chi connectivity index (χ4v) is 3.86. The second kappa shape index (κ2) is 8.14. The van der Waals surface area contributed by atoms with Gasteiger partial charge in [-0.3, -0.25) is 0 Å². The minimum atomic E-state index is -0.192. The molecule has 1 atom stereocenters. The van der Waals surface area contributed by atoms with Crippen LogP contribution in [-0.2, 0) is 12.8 Å². The van der Waals surface area contributed by atoms with Crippen LogP contribution in [0.4, 0.5) is 0 Å². The van der Waals surface area contributed by atoms with Gasteiger partial charge in [0.25, 0.3) is 0 Å². The van der Waals surface area contributed by atoms with Crippen molar-refractivity contribution < 1.29 is 4.74 Å². The number of ether oxygens (including phenoxy) is 1. The molecule has 0 saturated heterocycles. The summed E-state index contributed by atoms with van der Waals surface area (Å²) in [6.45, 7) is 6.14. The number of rotatable bonds is 6. The van der Waals surface area contributed by atoms with Crippen molar-refractivity contribution in [1.82, 2.24) is 14.8 Å². The number of hydrogen-bond donors (Lipinski definition) is 0. The number of halogens is 1. The SMILES string of the molecule is Cc1cccc(OC(C)c2nnc(SCc3ccccc3Cl)n2C)c1C. The van der Waals surface area contributed by atoms with Gasteiger partial charge in [0.2, 0.25) is 0 Å². The van der Waals surface area contributed by atoms with Crippen LogP contribution >= 0.6 is 23.4 Å². The molecular weight excluding hydrogens is 366 g/mol. The zero-order valence-electron chi connectivity index (χ0n) is 15.4. The Balaban J connectivity index is 1.72. The molecule has 1 heterocycles. The zero-order chi connectivity index (χ0) is 18.7. The van der Waals surface area contributed by atoms with E-state index in [-0.39, 0.29) is 6.10 Å². The van der Waals surface area contributed by atoms with Crippen LogP contribution in [0.5, 0.6) is 5.75 Å². The quantitative estimate of drug-likeness (QED) is 0.522. The topological polar surface area (TPSA) is 39.9 Å². The van der Waals surface area contributed by atoms with Gasteiger partial charge in [0.1, 0.15) is 5.75 Å². The maximum absolute atomic E-state index is 6.23. The summed E-state index contributed by atoms with van der Waals surface area (Å²) in [7, 11) is 1.97. The van der Waals surface area contributed by atoms with E-state index in [1.54, 1.807) is 11.8 Å². The van der Waals surface area contributed by atoms with Crippen molar-refractivity contribution in [2.45, 2.75) is 37.8 Å². The first-order chi connectivity index (χ1) is 12.5. The molecule has 0 saturated carbocycles. The van der Waals surface area contributed by atoms with Crippen molar-refractivity contribution >= 4 is 23.4 Å². The molecule has 3 rings (SSSR count). The van der Waals surface area contributed by atoms with E-state index in [1.165, 1.54) is 5.56 Å². The summed E-state index contributed by atoms with van der Waals surface area (Å²) in [5.41, 5.74) is 3.45. The van der Waals surface area contributed by atoms with Crippen LogP contribution in [0, 0.1) is 13.8 Å². The summed E-state index contributed by atoms with van der Waals surface area (Å²) < 4.78 is 8.12. The molecule has 26 heavy (non-hydrogen) atoms. The first-order valence-corrected chi connectivity index (χ1v) is 9.82. The Morgan fingerprint density at radius 2 is 1.88 bits per heavy atom. The van der Waals surface area contributed by atoms with Crippen LogP contribution in [0.15, 0.2) is 47.6 Å². The number of aromatic nitrogens is 3. The summed E-state index contributed by atoms with van der Waals surface area (Å²) in [6, 6.07) is 13.9. The Hall–Kier alpha value is -1.98. The van der Waals surface area contributed by atoms with Gasteiger partial charge in [-0.25, -0.2) is 0 Å². The van der Waals surface area contributed by atoms with Gasteiger partial charge >= 0.3 is 0 Å². The largest absolute Gasteiger partial charge is 0.482 e. The molecule has 0 fully saturated rings. The predicted molar refractivity (Wildman–Crippen MR) is 107 cm³/mol. The van der Waals surface area contributed by atoms with Crippen molar-refractivity contribution in [2.75, 3.05) is 0 Å². The fourth-order valence-electron chi connectivity index (χ4n) is 2.66. The number of benzene rings is 2. The summed E-state index contributed by atoms with van der Waals surface area (Å²) in [4.78, 5) is 0. The van der Waals surface area contributed by atoms with Crippen molar-refractivity contribution in [1.29, 1.82) is 0 Å². The summed E-state index contributed by atoms with van der Waals surface area (Å²) in [6.07, 6.45) is -0.192. The van der Waals surface area contributed by atoms with E-state index in [9.17, 15) is 0 Å². The molecule has 3 aromatic rings. The third-order valence-electron chi connectivity index (χ3n) is 4.41. The molecule has 0 bridgehead atoms. The van der Waals surface area contributed by atoms with Gasteiger partial charge in [-0.05, 0) is 49.6 Å². The number of thioether (sulfide) groups is 1. The van der Waals surface area contributed by atoms with Crippen molar-refractivity contribution in [3.8, 4) is 5.75 Å². The van der Waals surface area contributed by atoms with Gasteiger partial charge in [0.15, 0.2) is 17.1 Å². The van der Waals surface area contributed by atoms with E-state index < -0.39 is 0 Å². The molecule has 1 unspecified atom stereocenters. The Kier molecular flexibility index (Phi) is 5.89. The Labute approximate surface area is 163 Å². The molecule has 4 nitrogen and oxygen atoms in total. The van der Waals surface area contributed by atoms with Gasteiger partial charge < -0.3 is 9.30 Å². The Morgan fingerprint density at radius 3 is 2.65 bits per heavy atom. The zero-order valence-corrected chi connectivity index (χ0v) is 16.9. The van der Waals surface area contributed by atoms with Gasteiger partial charge in [0, 0.05) is 17.8 Å². The van der Waals surface area contributed by atoms with Crippen molar-refractivity contribution in [2.24, 2.45) is 7.05 Å². The smallest absolute Gasteiger partial charge is 0.191 e. The average molecular weight is 388 g/mol. The maximum Gasteiger partial charge on any atom is 0.191 e. The standard InChI is InChI=1S/C20H22ClN3OS/c1-13-8-7-11-18(14(13)2)25-15(3)19-22-23-20(24(19)4)26-12-16-9-5-6-10-17(16)21/h5-11,15H,12H2,1-4H3. The first kappa shape index (κ1) is 18.8. The maximum atomic E-state index is 6.23. The van der Waals surface area contributed by atoms with E-state index in [4.69, 9.17) is 16.3 Å². The van der Waals surface area contributed by atoms with Crippen LogP contribution in [-0.4, -0.2) is 14.8 Å². The second-order valence-corrected chi connectivity index (χ2v) is 7.59. The van der Waals surface area contributed by atoms with Gasteiger partial charge in [-0.15, -0.1) is 10.2 Å². The molecule has 2 aromatic carbocycles. The lowest BCUT2D eigenvalue weighted by Crippen LogP contribution is -2.10. The molecule has 1 aromatic heterocycles. The summed E-state index contributed by atoms with van der Waals surface area (Å²) >= 11 is 7.84. The highest BCUT2D eigenvalue weighted by atomic mass is 35.5. The summed E-state index contributed by atoms with van der Waals surface area (Å²) in [5.74, 6) is 2.43. The third-order valence-corrected chi connectivity index (χ3v) is 5.84. The predicted octanol–water partition coefficient (Wildman–Crippen LogP) is 5.52. The molecule has 0 spiro atoms. The fraction of sp³-hybridized carbons (Fsp3) is 0.300. The lowest BCUT2D eigenvalue weighted by molar-refractivity contribution is 0.210. The molecule has 0 aliphatic rings. The van der Waals surface area contributed by atoms with Crippen molar-refractivity contribution in [3.05, 3.63) is 70.0 Å². The minimum Gasteiger partial charge on any atom is -0.482 e. The molecule has 0 amide bonds. The molecule has 6 heteroatoms. The van der Waals surface area contributed by atoms with Crippen LogP contribution < -0.4 is 4.74 Å². The second-order valence-electron chi connectivity index (χ2n) is 6.24. The van der Waals surface area contributed by atoms with E-state index in [2.05, 4.69) is 30.1 Å². The number of hydrogen-bond acceptors (Lipinski definition) is 4. The number of aryl methyl sites for hydroxylation is 1. The van der Waals surface area contributed by atoms with Crippen LogP contribution in [0.3, 0.4) is 0 Å². The van der Waals surface area contributed by atoms with Gasteiger partial charge in [-0.1, -0.05) is 53.7 Å². The Bertz CT molecular complexity index is 910. The lowest BCUT2D eigenvalue weighted by Gasteiger charge is -2.17. The normalized spacial score (nSPS) is 12.2. The summed E-state index contributed by atoms with van der Waals surface area (Å²) in [5, 5.41) is 10.3. The molecule has 0 aliphatic carbocycles. The van der Waals surface area contributed by atoms with E-state index >= 15 is 0 Å². The minimum absolute atomic E-state index is 0.192. The lowest BCUT2D eigenvalue weighted by atomic mass is 10.1. The van der Waals surface area contributed by atoms with Gasteiger partial charge in [-0.2, -0.15) is 0 Å². The highest BCUT2D eigenvalue weighted by molar-refractivity contribution is 7.98. The molecule has 0 N–H and O–H groups in total. The third kappa shape index (κ3) is 4.05. The van der Waals surface area contributed by atoms with Crippen LogP contribution in [0.1, 0.15) is 35.5 Å². The molecular formula is C20H22ClN3OS. The van der Waals surface area contributed by atoms with Crippen LogP contribution in [0.2, 0.25) is 5.02 Å². The monoisotopic (exact) mass is 387 g/mol. The first-order valence-electron chi connectivity index (χ1n) is 8.45. The Morgan fingerprint density at radius 1 is 1.12 bits per heavy atom. The highest BCUT2D eigenvalue weighted by Gasteiger charge is 2.18. The number of nitrogens with zero attached hydrogens (tertiary/aromatic N) is 3. The highest BCUT2D eigenvalue weighted by Crippen LogP contribution is 2.29. The molecule has 0 aliphatic heterocycles. The average Bonchev–Trinajstić information content (AvgIpc) is 2.99. The van der Waals surface area contributed by atoms with E-state index in [0.717, 1.165) is 38.6 Å². The van der Waals surface area contributed by atoms with Gasteiger partial charge in [0.05, 0.1) is 0 Å². The van der Waals surface area contributed by atoms with Crippen molar-refractivity contribution in [3.63, 3.8) is 0 Å². The van der Waals surface area contributed by atoms with E-state index in [1.807, 2.05) is 54.9 Å². The molecule has 136 valence electrons. The van der Waals surface area contributed by atoms with E-state index in [0.29, 0.717) is 0 Å².